The van der Waals surface area contributed by atoms with Crippen LogP contribution in [0.3, 0.4) is 0 Å². The molecular formula is C10H17N3. The molecular weight excluding hydrogens is 162 g/mol. The maximum absolute atomic E-state index is 4.31. The minimum Gasteiger partial charge on any atom is -0.338 e. The first-order valence-electron chi connectivity index (χ1n) is 5.05. The van der Waals surface area contributed by atoms with Gasteiger partial charge in [0, 0.05) is 32.4 Å². The summed E-state index contributed by atoms with van der Waals surface area (Å²) in [6.07, 6.45) is 7.73. The standard InChI is InChI=1S/C10H17N3/c1-12-9-5-11-10(12)4-8-13-6-2-3-7-13/h5,9H,2-4,6-8H2,1H3. The van der Waals surface area contributed by atoms with E-state index in [0.29, 0.717) is 0 Å². The second-order valence-corrected chi connectivity index (χ2v) is 3.75. The van der Waals surface area contributed by atoms with E-state index in [0.717, 1.165) is 6.42 Å². The van der Waals surface area contributed by atoms with E-state index in [1.165, 1.54) is 38.3 Å². The van der Waals surface area contributed by atoms with Gasteiger partial charge >= 0.3 is 0 Å². The van der Waals surface area contributed by atoms with E-state index in [2.05, 4.69) is 21.5 Å². The Balaban J connectivity index is 1.82. The second kappa shape index (κ2) is 3.92. The SMILES string of the molecule is Cn1ccnc1CCN1CCCC1. The van der Waals surface area contributed by atoms with Crippen molar-refractivity contribution in [3.63, 3.8) is 0 Å². The van der Waals surface area contributed by atoms with Crippen LogP contribution in [-0.2, 0) is 13.5 Å². The Bertz CT molecular complexity index is 261. The third kappa shape index (κ3) is 2.10. The zero-order chi connectivity index (χ0) is 9.10. The fourth-order valence-electron chi connectivity index (χ4n) is 1.90. The van der Waals surface area contributed by atoms with Gasteiger partial charge < -0.3 is 9.47 Å². The Morgan fingerprint density at radius 2 is 2.15 bits per heavy atom. The molecule has 0 amide bonds. The molecule has 0 bridgehead atoms. The first kappa shape index (κ1) is 8.75. The summed E-state index contributed by atoms with van der Waals surface area (Å²) in [6, 6.07) is 0. The number of hydrogen-bond acceptors (Lipinski definition) is 2. The van der Waals surface area contributed by atoms with Crippen LogP contribution in [0.5, 0.6) is 0 Å². The Morgan fingerprint density at radius 1 is 1.38 bits per heavy atom. The third-order valence-electron chi connectivity index (χ3n) is 2.77. The monoisotopic (exact) mass is 179 g/mol. The van der Waals surface area contributed by atoms with Gasteiger partial charge in [0.25, 0.3) is 0 Å². The zero-order valence-corrected chi connectivity index (χ0v) is 8.24. The minimum atomic E-state index is 1.09. The second-order valence-electron chi connectivity index (χ2n) is 3.75. The molecule has 13 heavy (non-hydrogen) atoms. The normalized spacial score (nSPS) is 18.2. The van der Waals surface area contributed by atoms with E-state index < -0.39 is 0 Å². The highest BCUT2D eigenvalue weighted by Crippen LogP contribution is 2.08. The Kier molecular flexibility index (Phi) is 2.64. The number of likely N-dealkylation sites (tertiary alicyclic amines) is 1. The van der Waals surface area contributed by atoms with Crippen molar-refractivity contribution >= 4 is 0 Å². The summed E-state index contributed by atoms with van der Waals surface area (Å²) in [5, 5.41) is 0. The number of hydrogen-bond donors (Lipinski definition) is 0. The smallest absolute Gasteiger partial charge is 0.109 e. The molecule has 3 nitrogen and oxygen atoms in total. The van der Waals surface area contributed by atoms with Crippen molar-refractivity contribution in [2.75, 3.05) is 19.6 Å². The molecule has 0 aromatic carbocycles. The molecule has 1 aliphatic rings. The predicted octanol–water partition coefficient (Wildman–Crippen LogP) is 1.06. The van der Waals surface area contributed by atoms with E-state index in [-0.39, 0.29) is 0 Å². The highest BCUT2D eigenvalue weighted by Gasteiger charge is 2.11. The molecule has 1 aliphatic heterocycles. The van der Waals surface area contributed by atoms with Gasteiger partial charge in [0.1, 0.15) is 5.82 Å². The fourth-order valence-corrected chi connectivity index (χ4v) is 1.90. The number of rotatable bonds is 3. The lowest BCUT2D eigenvalue weighted by molar-refractivity contribution is 0.339. The Labute approximate surface area is 79.4 Å². The molecule has 1 aromatic heterocycles. The summed E-state index contributed by atoms with van der Waals surface area (Å²) < 4.78 is 2.11. The molecule has 0 radical (unpaired) electrons. The molecule has 2 rings (SSSR count). The number of nitrogens with zero attached hydrogens (tertiary/aromatic N) is 3. The van der Waals surface area contributed by atoms with Gasteiger partial charge in [0.15, 0.2) is 0 Å². The van der Waals surface area contributed by atoms with Crippen molar-refractivity contribution in [1.29, 1.82) is 0 Å². The maximum Gasteiger partial charge on any atom is 0.109 e. The van der Waals surface area contributed by atoms with Crippen LogP contribution in [0.25, 0.3) is 0 Å². The van der Waals surface area contributed by atoms with Gasteiger partial charge in [0.05, 0.1) is 0 Å². The molecule has 72 valence electrons. The molecule has 1 aromatic rings. The van der Waals surface area contributed by atoms with E-state index in [1.807, 2.05) is 12.4 Å². The van der Waals surface area contributed by atoms with Crippen molar-refractivity contribution in [2.45, 2.75) is 19.3 Å². The number of aromatic nitrogens is 2. The number of aryl methyl sites for hydroxylation is 1. The molecule has 1 saturated heterocycles. The minimum absolute atomic E-state index is 1.09. The lowest BCUT2D eigenvalue weighted by Crippen LogP contribution is -2.22. The fraction of sp³-hybridized carbons (Fsp3) is 0.700. The molecule has 0 saturated carbocycles. The van der Waals surface area contributed by atoms with Crippen molar-refractivity contribution in [3.05, 3.63) is 18.2 Å². The van der Waals surface area contributed by atoms with Crippen molar-refractivity contribution in [3.8, 4) is 0 Å². The van der Waals surface area contributed by atoms with E-state index >= 15 is 0 Å². The van der Waals surface area contributed by atoms with E-state index in [9.17, 15) is 0 Å². The van der Waals surface area contributed by atoms with Crippen molar-refractivity contribution < 1.29 is 0 Å². The highest BCUT2D eigenvalue weighted by atomic mass is 15.1. The van der Waals surface area contributed by atoms with Crippen molar-refractivity contribution in [1.82, 2.24) is 14.5 Å². The average molecular weight is 179 g/mol. The topological polar surface area (TPSA) is 21.1 Å². The van der Waals surface area contributed by atoms with E-state index in [4.69, 9.17) is 0 Å². The summed E-state index contributed by atoms with van der Waals surface area (Å²) in [5.74, 6) is 1.20. The summed E-state index contributed by atoms with van der Waals surface area (Å²) >= 11 is 0. The van der Waals surface area contributed by atoms with Crippen LogP contribution in [0, 0.1) is 0 Å². The van der Waals surface area contributed by atoms with Gasteiger partial charge in [-0.2, -0.15) is 0 Å². The first-order valence-corrected chi connectivity index (χ1v) is 5.05. The molecule has 0 unspecified atom stereocenters. The maximum atomic E-state index is 4.31. The van der Waals surface area contributed by atoms with Crippen LogP contribution < -0.4 is 0 Å². The summed E-state index contributed by atoms with van der Waals surface area (Å²) in [5.41, 5.74) is 0. The predicted molar refractivity (Wildman–Crippen MR) is 52.6 cm³/mol. The Morgan fingerprint density at radius 3 is 2.77 bits per heavy atom. The third-order valence-corrected chi connectivity index (χ3v) is 2.77. The molecule has 0 spiro atoms. The quantitative estimate of drug-likeness (QED) is 0.691. The lowest BCUT2D eigenvalue weighted by Gasteiger charge is -2.13. The average Bonchev–Trinajstić information content (AvgIpc) is 2.72. The van der Waals surface area contributed by atoms with Crippen LogP contribution in [0.4, 0.5) is 0 Å². The van der Waals surface area contributed by atoms with Crippen LogP contribution in [-0.4, -0.2) is 34.1 Å². The summed E-state index contributed by atoms with van der Waals surface area (Å²) in [7, 11) is 2.06. The first-order chi connectivity index (χ1) is 6.36. The largest absolute Gasteiger partial charge is 0.338 e. The van der Waals surface area contributed by atoms with Crippen LogP contribution in [0.1, 0.15) is 18.7 Å². The van der Waals surface area contributed by atoms with Crippen LogP contribution in [0.2, 0.25) is 0 Å². The van der Waals surface area contributed by atoms with Crippen LogP contribution >= 0.6 is 0 Å². The highest BCUT2D eigenvalue weighted by molar-refractivity contribution is 4.91. The Hall–Kier alpha value is -0.830. The molecule has 0 N–H and O–H groups in total. The number of imidazole rings is 1. The van der Waals surface area contributed by atoms with Gasteiger partial charge in [-0.15, -0.1) is 0 Å². The van der Waals surface area contributed by atoms with Gasteiger partial charge in [-0.25, -0.2) is 4.98 Å². The molecule has 1 fully saturated rings. The van der Waals surface area contributed by atoms with Gasteiger partial charge in [-0.05, 0) is 25.9 Å². The van der Waals surface area contributed by atoms with Crippen LogP contribution in [0.15, 0.2) is 12.4 Å². The van der Waals surface area contributed by atoms with Crippen molar-refractivity contribution in [2.24, 2.45) is 7.05 Å². The molecule has 2 heterocycles. The zero-order valence-electron chi connectivity index (χ0n) is 8.24. The summed E-state index contributed by atoms with van der Waals surface area (Å²) in [6.45, 7) is 3.74. The lowest BCUT2D eigenvalue weighted by atomic mass is 10.4. The molecule has 0 aliphatic carbocycles. The van der Waals surface area contributed by atoms with Gasteiger partial charge in [-0.1, -0.05) is 0 Å². The van der Waals surface area contributed by atoms with Gasteiger partial charge in [-0.3, -0.25) is 0 Å². The molecule has 0 atom stereocenters. The van der Waals surface area contributed by atoms with Gasteiger partial charge in [0.2, 0.25) is 0 Å². The van der Waals surface area contributed by atoms with E-state index in [1.54, 1.807) is 0 Å². The molecule has 3 heteroatoms. The summed E-state index contributed by atoms with van der Waals surface area (Å²) in [4.78, 5) is 6.84.